The van der Waals surface area contributed by atoms with Gasteiger partial charge in [-0.15, -0.1) is 11.3 Å². The van der Waals surface area contributed by atoms with E-state index in [-0.39, 0.29) is 0 Å². The number of para-hydroxylation sites is 1. The van der Waals surface area contributed by atoms with Gasteiger partial charge in [0, 0.05) is 26.4 Å². The maximum Gasteiger partial charge on any atom is 0.0553 e. The molecule has 1 N–H and O–H groups in total. The number of hydrogen-bond acceptors (Lipinski definition) is 1. The third-order valence-electron chi connectivity index (χ3n) is 3.11. The predicted octanol–water partition coefficient (Wildman–Crippen LogP) is 4.54. The molecule has 0 aliphatic carbocycles. The Morgan fingerprint density at radius 1 is 0.812 bits per heavy atom. The number of hydrogen-bond donors (Lipinski definition) is 1. The van der Waals surface area contributed by atoms with Crippen LogP contribution in [0.1, 0.15) is 0 Å². The highest BCUT2D eigenvalue weighted by Crippen LogP contribution is 2.33. The summed E-state index contributed by atoms with van der Waals surface area (Å²) in [5, 5.41) is 6.11. The Morgan fingerprint density at radius 3 is 2.75 bits per heavy atom. The summed E-state index contributed by atoms with van der Waals surface area (Å²) in [6.45, 7) is 0. The van der Waals surface area contributed by atoms with Gasteiger partial charge in [0.1, 0.15) is 0 Å². The number of aromatic amines is 1. The zero-order chi connectivity index (χ0) is 10.5. The molecular weight excluding hydrogens is 214 g/mol. The largest absolute Gasteiger partial charge is 0.354 e. The first kappa shape index (κ1) is 8.36. The monoisotopic (exact) mass is 223 g/mol. The average Bonchev–Trinajstić information content (AvgIpc) is 2.92. The van der Waals surface area contributed by atoms with Crippen LogP contribution < -0.4 is 0 Å². The van der Waals surface area contributed by atoms with Crippen LogP contribution in [0.4, 0.5) is 0 Å². The molecular formula is C14H9NS. The van der Waals surface area contributed by atoms with Crippen molar-refractivity contribution in [2.24, 2.45) is 0 Å². The number of fused-ring (bicyclic) bond motifs is 5. The summed E-state index contributed by atoms with van der Waals surface area (Å²) in [7, 11) is 0. The highest BCUT2D eigenvalue weighted by Gasteiger charge is 2.06. The normalized spacial score (nSPS) is 11.8. The topological polar surface area (TPSA) is 15.8 Å². The van der Waals surface area contributed by atoms with Gasteiger partial charge in [-0.25, -0.2) is 0 Å². The van der Waals surface area contributed by atoms with Gasteiger partial charge in [-0.1, -0.05) is 24.3 Å². The summed E-state index contributed by atoms with van der Waals surface area (Å²) in [5.74, 6) is 0. The molecule has 76 valence electrons. The standard InChI is InChI=1S/C14H9NS/c1-2-4-12-9(3-1)10-5-6-13-11(7-8-16-13)14(10)15-12/h1-8,15H. The lowest BCUT2D eigenvalue weighted by atomic mass is 10.1. The van der Waals surface area contributed by atoms with Gasteiger partial charge in [-0.05, 0) is 23.6 Å². The van der Waals surface area contributed by atoms with Gasteiger partial charge in [0.25, 0.3) is 0 Å². The zero-order valence-corrected chi connectivity index (χ0v) is 9.34. The Labute approximate surface area is 96.3 Å². The third kappa shape index (κ3) is 0.947. The second kappa shape index (κ2) is 2.86. The van der Waals surface area contributed by atoms with Crippen molar-refractivity contribution in [3.63, 3.8) is 0 Å². The van der Waals surface area contributed by atoms with Crippen molar-refractivity contribution in [2.45, 2.75) is 0 Å². The molecule has 16 heavy (non-hydrogen) atoms. The molecule has 1 nitrogen and oxygen atoms in total. The van der Waals surface area contributed by atoms with Crippen molar-refractivity contribution < 1.29 is 0 Å². The van der Waals surface area contributed by atoms with Gasteiger partial charge in [0.2, 0.25) is 0 Å². The number of thiophene rings is 1. The molecule has 2 heteroatoms. The second-order valence-electron chi connectivity index (χ2n) is 3.99. The molecule has 0 spiro atoms. The average molecular weight is 223 g/mol. The number of nitrogens with one attached hydrogen (secondary N) is 1. The fraction of sp³-hybridized carbons (Fsp3) is 0. The first-order chi connectivity index (χ1) is 7.93. The van der Waals surface area contributed by atoms with Crippen molar-refractivity contribution in [2.75, 3.05) is 0 Å². The van der Waals surface area contributed by atoms with Crippen LogP contribution in [0.2, 0.25) is 0 Å². The molecule has 4 aromatic rings. The molecule has 0 fully saturated rings. The van der Waals surface area contributed by atoms with Crippen LogP contribution in [0.3, 0.4) is 0 Å². The van der Waals surface area contributed by atoms with E-state index in [1.165, 1.54) is 31.9 Å². The molecule has 2 aromatic carbocycles. The summed E-state index contributed by atoms with van der Waals surface area (Å²) in [5.41, 5.74) is 2.48. The second-order valence-corrected chi connectivity index (χ2v) is 4.94. The minimum atomic E-state index is 1.22. The summed E-state index contributed by atoms with van der Waals surface area (Å²) in [6.07, 6.45) is 0. The van der Waals surface area contributed by atoms with Gasteiger partial charge in [0.05, 0.1) is 5.52 Å². The van der Waals surface area contributed by atoms with Crippen LogP contribution in [0.15, 0.2) is 47.8 Å². The van der Waals surface area contributed by atoms with Gasteiger partial charge >= 0.3 is 0 Å². The molecule has 0 bridgehead atoms. The molecule has 0 radical (unpaired) electrons. The molecule has 0 aliphatic heterocycles. The minimum absolute atomic E-state index is 1.22. The van der Waals surface area contributed by atoms with Gasteiger partial charge in [-0.3, -0.25) is 0 Å². The molecule has 0 saturated carbocycles. The van der Waals surface area contributed by atoms with Crippen LogP contribution in [0.25, 0.3) is 31.9 Å². The van der Waals surface area contributed by atoms with Gasteiger partial charge < -0.3 is 4.98 Å². The van der Waals surface area contributed by atoms with E-state index in [1.807, 2.05) is 0 Å². The Bertz CT molecular complexity index is 807. The van der Waals surface area contributed by atoms with Crippen LogP contribution >= 0.6 is 11.3 Å². The molecule has 2 aromatic heterocycles. The summed E-state index contributed by atoms with van der Waals surface area (Å²) in [4.78, 5) is 3.51. The molecule has 0 saturated heterocycles. The van der Waals surface area contributed by atoms with Crippen molar-refractivity contribution in [3.8, 4) is 0 Å². The van der Waals surface area contributed by atoms with E-state index in [2.05, 4.69) is 52.8 Å². The fourth-order valence-corrected chi connectivity index (χ4v) is 3.16. The van der Waals surface area contributed by atoms with Crippen LogP contribution in [-0.4, -0.2) is 4.98 Å². The van der Waals surface area contributed by atoms with Crippen LogP contribution in [-0.2, 0) is 0 Å². The molecule has 0 aliphatic rings. The fourth-order valence-electron chi connectivity index (χ4n) is 2.36. The Morgan fingerprint density at radius 2 is 1.75 bits per heavy atom. The third-order valence-corrected chi connectivity index (χ3v) is 3.99. The zero-order valence-electron chi connectivity index (χ0n) is 8.53. The van der Waals surface area contributed by atoms with E-state index in [9.17, 15) is 0 Å². The Hall–Kier alpha value is -1.80. The lowest BCUT2D eigenvalue weighted by molar-refractivity contribution is 1.57. The lowest BCUT2D eigenvalue weighted by Crippen LogP contribution is -1.67. The van der Waals surface area contributed by atoms with Gasteiger partial charge in [0.15, 0.2) is 0 Å². The first-order valence-corrected chi connectivity index (χ1v) is 6.18. The van der Waals surface area contributed by atoms with Crippen LogP contribution in [0, 0.1) is 0 Å². The van der Waals surface area contributed by atoms with Crippen molar-refractivity contribution >= 4 is 43.2 Å². The van der Waals surface area contributed by atoms with E-state index in [1.54, 1.807) is 11.3 Å². The van der Waals surface area contributed by atoms with E-state index in [0.29, 0.717) is 0 Å². The van der Waals surface area contributed by atoms with Crippen molar-refractivity contribution in [1.82, 2.24) is 4.98 Å². The number of aromatic nitrogens is 1. The van der Waals surface area contributed by atoms with Crippen LogP contribution in [0.5, 0.6) is 0 Å². The maximum atomic E-state index is 3.51. The Kier molecular flexibility index (Phi) is 1.50. The number of rotatable bonds is 0. The summed E-state index contributed by atoms with van der Waals surface area (Å²) < 4.78 is 1.35. The predicted molar refractivity (Wildman–Crippen MR) is 71.2 cm³/mol. The molecule has 0 amide bonds. The number of benzene rings is 2. The lowest BCUT2D eigenvalue weighted by Gasteiger charge is -1.92. The van der Waals surface area contributed by atoms with Crippen molar-refractivity contribution in [3.05, 3.63) is 47.8 Å². The molecule has 2 heterocycles. The van der Waals surface area contributed by atoms with E-state index < -0.39 is 0 Å². The molecule has 4 rings (SSSR count). The quantitative estimate of drug-likeness (QED) is 0.450. The summed E-state index contributed by atoms with van der Waals surface area (Å²) in [6, 6.07) is 15.1. The molecule has 0 unspecified atom stereocenters. The van der Waals surface area contributed by atoms with E-state index in [4.69, 9.17) is 0 Å². The minimum Gasteiger partial charge on any atom is -0.354 e. The van der Waals surface area contributed by atoms with Crippen molar-refractivity contribution in [1.29, 1.82) is 0 Å². The SMILES string of the molecule is c1ccc2c(c1)[nH]c1c3ccsc3ccc21. The Balaban J connectivity index is 2.38. The van der Waals surface area contributed by atoms with E-state index >= 15 is 0 Å². The van der Waals surface area contributed by atoms with Gasteiger partial charge in [-0.2, -0.15) is 0 Å². The highest BCUT2D eigenvalue weighted by molar-refractivity contribution is 7.17. The highest BCUT2D eigenvalue weighted by atomic mass is 32.1. The molecule has 0 atom stereocenters. The number of H-pyrrole nitrogens is 1. The maximum absolute atomic E-state index is 3.51. The first-order valence-electron chi connectivity index (χ1n) is 5.30. The smallest absolute Gasteiger partial charge is 0.0553 e. The van der Waals surface area contributed by atoms with E-state index in [0.717, 1.165) is 0 Å². The summed E-state index contributed by atoms with van der Waals surface area (Å²) >= 11 is 1.79.